The van der Waals surface area contributed by atoms with Crippen molar-refractivity contribution in [1.29, 1.82) is 0 Å². The number of aromatic hydroxyl groups is 2. The lowest BCUT2D eigenvalue weighted by molar-refractivity contribution is 0.195. The Kier molecular flexibility index (Phi) is 7.70. The van der Waals surface area contributed by atoms with Crippen molar-refractivity contribution in [3.63, 3.8) is 0 Å². The average molecular weight is 620 g/mol. The first-order valence-electron chi connectivity index (χ1n) is 13.7. The molecule has 0 amide bonds. The number of hydrogen-bond acceptors (Lipinski definition) is 8. The molecule has 2 unspecified atom stereocenters. The van der Waals surface area contributed by atoms with Crippen LogP contribution in [0.5, 0.6) is 11.5 Å². The molecule has 0 bridgehead atoms. The van der Waals surface area contributed by atoms with Crippen molar-refractivity contribution in [2.75, 3.05) is 0 Å². The summed E-state index contributed by atoms with van der Waals surface area (Å²) in [5.74, 6) is -0.166. The molecule has 2 aromatic heterocycles. The van der Waals surface area contributed by atoms with E-state index >= 15 is 0 Å². The Morgan fingerprint density at radius 2 is 1.00 bits per heavy atom. The van der Waals surface area contributed by atoms with E-state index < -0.39 is 12.2 Å². The van der Waals surface area contributed by atoms with E-state index in [-0.39, 0.29) is 17.9 Å². The summed E-state index contributed by atoms with van der Waals surface area (Å²) in [6.07, 6.45) is -0.539. The zero-order valence-electron chi connectivity index (χ0n) is 23.3. The monoisotopic (exact) mass is 618 g/mol. The molecule has 6 rings (SSSR count). The first-order valence-corrected chi connectivity index (χ1v) is 14.4. The lowest BCUT2D eigenvalue weighted by atomic mass is 9.95. The second kappa shape index (κ2) is 11.5. The van der Waals surface area contributed by atoms with Crippen LogP contribution in [0, 0.1) is 0 Å². The Bertz CT molecular complexity index is 1840. The van der Waals surface area contributed by atoms with Gasteiger partial charge in [0.25, 0.3) is 0 Å². The third-order valence-electron chi connectivity index (χ3n) is 7.02. The molecule has 0 aliphatic rings. The van der Waals surface area contributed by atoms with Gasteiger partial charge in [-0.15, -0.1) is 30.0 Å². The van der Waals surface area contributed by atoms with Crippen LogP contribution >= 0.6 is 23.2 Å². The topological polar surface area (TPSA) is 142 Å². The van der Waals surface area contributed by atoms with Crippen LogP contribution in [0.1, 0.15) is 36.1 Å². The van der Waals surface area contributed by atoms with Gasteiger partial charge in [0, 0.05) is 27.6 Å². The molecule has 6 aromatic rings. The number of hydrogen-bond donors (Lipinski definition) is 4. The number of phenolic OH excluding ortho intramolecular Hbond substituents is 2. The second-order valence-corrected chi connectivity index (χ2v) is 11.6. The molecule has 220 valence electrons. The molecule has 0 radical (unpaired) electrons. The van der Waals surface area contributed by atoms with Crippen LogP contribution in [0.2, 0.25) is 10.0 Å². The molecule has 0 aliphatic carbocycles. The smallest absolute Gasteiger partial charge is 0.146 e. The normalized spacial score (nSPS) is 13.2. The highest BCUT2D eigenvalue weighted by molar-refractivity contribution is 6.31. The van der Waals surface area contributed by atoms with Crippen LogP contribution in [0.3, 0.4) is 0 Å². The van der Waals surface area contributed by atoms with Crippen LogP contribution in [0.25, 0.3) is 33.4 Å². The van der Waals surface area contributed by atoms with Gasteiger partial charge in [-0.2, -0.15) is 0 Å². The number of phenols is 2. The maximum absolute atomic E-state index is 11.5. The predicted octanol–water partition coefficient (Wildman–Crippen LogP) is 5.31. The molecule has 0 aliphatic heterocycles. The van der Waals surface area contributed by atoms with Gasteiger partial charge in [0.1, 0.15) is 44.9 Å². The molecule has 43 heavy (non-hydrogen) atoms. The van der Waals surface area contributed by atoms with Gasteiger partial charge in [-0.25, -0.2) is 0 Å². The molecule has 2 atom stereocenters. The van der Waals surface area contributed by atoms with E-state index in [2.05, 4.69) is 20.4 Å². The van der Waals surface area contributed by atoms with Crippen LogP contribution < -0.4 is 0 Å². The number of nitrogens with zero attached hydrogens (tertiary/aromatic N) is 6. The van der Waals surface area contributed by atoms with Crippen molar-refractivity contribution in [3.05, 3.63) is 93.0 Å². The van der Waals surface area contributed by atoms with Crippen molar-refractivity contribution < 1.29 is 20.4 Å². The summed E-state index contributed by atoms with van der Waals surface area (Å²) in [5, 5.41) is 62.4. The first-order chi connectivity index (χ1) is 20.5. The third kappa shape index (κ3) is 6.00. The van der Waals surface area contributed by atoms with E-state index in [1.54, 1.807) is 74.5 Å². The van der Waals surface area contributed by atoms with E-state index in [0.717, 1.165) is 11.1 Å². The van der Waals surface area contributed by atoms with Gasteiger partial charge in [-0.1, -0.05) is 35.3 Å². The molecule has 12 heteroatoms. The molecule has 4 N–H and O–H groups in total. The fraction of sp³-hybridized carbons (Fsp3) is 0.226. The lowest BCUT2D eigenvalue weighted by Gasteiger charge is -2.16. The Morgan fingerprint density at radius 3 is 1.40 bits per heavy atom. The third-order valence-corrected chi connectivity index (χ3v) is 7.49. The maximum Gasteiger partial charge on any atom is 0.146 e. The van der Waals surface area contributed by atoms with Crippen molar-refractivity contribution in [1.82, 2.24) is 30.0 Å². The molecule has 10 nitrogen and oxygen atoms in total. The summed E-state index contributed by atoms with van der Waals surface area (Å²) in [7, 11) is 0. The van der Waals surface area contributed by atoms with Crippen molar-refractivity contribution in [2.45, 2.75) is 45.3 Å². The van der Waals surface area contributed by atoms with Gasteiger partial charge in [0.15, 0.2) is 0 Å². The van der Waals surface area contributed by atoms with Crippen LogP contribution in [0.15, 0.2) is 60.7 Å². The molecule has 0 fully saturated rings. The van der Waals surface area contributed by atoms with E-state index in [4.69, 9.17) is 23.2 Å². The van der Waals surface area contributed by atoms with Gasteiger partial charge in [0.2, 0.25) is 0 Å². The molecule has 2 heterocycles. The van der Waals surface area contributed by atoms with Gasteiger partial charge in [-0.05, 0) is 86.3 Å². The van der Waals surface area contributed by atoms with Gasteiger partial charge in [-0.3, -0.25) is 0 Å². The van der Waals surface area contributed by atoms with E-state index in [1.807, 2.05) is 0 Å². The van der Waals surface area contributed by atoms with Crippen molar-refractivity contribution >= 4 is 45.3 Å². The SMILES string of the molecule is CC(O)Cc1cc(Cc2cc(CC(C)O)cc(-n3nc4ccc(Cl)cc4n3)c2O)c(O)c(-n2nc3ccc(Cl)cc3n2)c1. The van der Waals surface area contributed by atoms with Gasteiger partial charge in [0.05, 0.1) is 12.2 Å². The Hall–Kier alpha value is -4.22. The lowest BCUT2D eigenvalue weighted by Crippen LogP contribution is -2.09. The summed E-state index contributed by atoms with van der Waals surface area (Å²) < 4.78 is 0. The number of rotatable bonds is 8. The zero-order chi connectivity index (χ0) is 30.4. The van der Waals surface area contributed by atoms with E-state index in [0.29, 0.717) is 67.5 Å². The van der Waals surface area contributed by atoms with Crippen LogP contribution in [-0.4, -0.2) is 62.6 Å². The largest absolute Gasteiger partial charge is 0.505 e. The van der Waals surface area contributed by atoms with Gasteiger partial charge < -0.3 is 20.4 Å². The average Bonchev–Trinajstić information content (AvgIpc) is 3.54. The quantitative estimate of drug-likeness (QED) is 0.180. The van der Waals surface area contributed by atoms with Crippen LogP contribution in [-0.2, 0) is 19.3 Å². The number of fused-ring (bicyclic) bond motifs is 2. The number of aliphatic hydroxyl groups excluding tert-OH is 2. The minimum Gasteiger partial charge on any atom is -0.505 e. The second-order valence-electron chi connectivity index (χ2n) is 10.8. The zero-order valence-corrected chi connectivity index (χ0v) is 24.8. The summed E-state index contributed by atoms with van der Waals surface area (Å²) in [6.45, 7) is 3.36. The molecular weight excluding hydrogens is 591 g/mol. The number of benzene rings is 4. The molecule has 0 saturated carbocycles. The summed E-state index contributed by atoms with van der Waals surface area (Å²) in [5.41, 5.74) is 5.39. The molecule has 4 aromatic carbocycles. The number of aromatic nitrogens is 6. The maximum atomic E-state index is 11.5. The predicted molar refractivity (Wildman–Crippen MR) is 165 cm³/mol. The molecular formula is C31H28Cl2N6O4. The van der Waals surface area contributed by atoms with E-state index in [1.165, 1.54) is 9.59 Å². The van der Waals surface area contributed by atoms with Crippen LogP contribution in [0.4, 0.5) is 0 Å². The Balaban J connectivity index is 1.48. The highest BCUT2D eigenvalue weighted by Crippen LogP contribution is 2.35. The van der Waals surface area contributed by atoms with Crippen molar-refractivity contribution in [3.8, 4) is 22.9 Å². The number of halogens is 2. The fourth-order valence-corrected chi connectivity index (χ4v) is 5.51. The standard InChI is InChI=1S/C31H28Cl2N6O4/c1-16(40)7-18-9-20(30(42)28(11-18)38-34-24-5-3-22(32)14-26(24)36-38)13-21-10-19(8-17(2)41)12-29(31(21)43)39-35-25-6-4-23(33)15-27(25)37-39/h3-6,9-12,14-17,40-43H,7-8,13H2,1-2H3. The highest BCUT2D eigenvalue weighted by atomic mass is 35.5. The fourth-order valence-electron chi connectivity index (χ4n) is 5.17. The molecule has 0 spiro atoms. The summed E-state index contributed by atoms with van der Waals surface area (Å²) in [4.78, 5) is 2.68. The molecule has 0 saturated heterocycles. The van der Waals surface area contributed by atoms with Crippen molar-refractivity contribution in [2.24, 2.45) is 0 Å². The Labute approximate surface area is 256 Å². The minimum absolute atomic E-state index is 0.0831. The summed E-state index contributed by atoms with van der Waals surface area (Å²) >= 11 is 12.3. The first kappa shape index (κ1) is 28.9. The van der Waals surface area contributed by atoms with E-state index in [9.17, 15) is 20.4 Å². The summed E-state index contributed by atoms with van der Waals surface area (Å²) in [6, 6.07) is 17.3. The van der Waals surface area contributed by atoms with Gasteiger partial charge >= 0.3 is 0 Å². The Morgan fingerprint density at radius 1 is 0.605 bits per heavy atom. The number of aliphatic hydroxyl groups is 2. The highest BCUT2D eigenvalue weighted by Gasteiger charge is 2.20. The minimum atomic E-state index is -0.642.